The fraction of sp³-hybridized carbons (Fsp3) is 0.300. The lowest BCUT2D eigenvalue weighted by atomic mass is 10.1. The maximum absolute atomic E-state index is 11.8. The van der Waals surface area contributed by atoms with E-state index in [9.17, 15) is 18.0 Å². The Labute approximate surface area is 90.0 Å². The minimum atomic E-state index is -4.70. The third-order valence-corrected chi connectivity index (χ3v) is 1.79. The molecule has 0 fully saturated rings. The summed E-state index contributed by atoms with van der Waals surface area (Å²) in [5, 5.41) is 0. The van der Waals surface area contributed by atoms with Crippen LogP contribution in [0.4, 0.5) is 13.2 Å². The summed E-state index contributed by atoms with van der Waals surface area (Å²) in [4.78, 5) is 11.0. The van der Waals surface area contributed by atoms with Gasteiger partial charge in [0, 0.05) is 6.42 Å². The number of hydrogen-bond acceptors (Lipinski definition) is 3. The summed E-state index contributed by atoms with van der Waals surface area (Å²) in [6, 6.07) is 5.11. The van der Waals surface area contributed by atoms with E-state index < -0.39 is 6.36 Å². The summed E-state index contributed by atoms with van der Waals surface area (Å²) < 4.78 is 39.1. The quantitative estimate of drug-likeness (QED) is 0.860. The number of benzene rings is 1. The first-order valence-corrected chi connectivity index (χ1v) is 4.47. The number of ether oxygens (including phenoxy) is 1. The van der Waals surface area contributed by atoms with E-state index in [0.717, 1.165) is 12.1 Å². The predicted octanol–water partition coefficient (Wildman–Crippen LogP) is 1.66. The molecule has 0 radical (unpaired) electrons. The van der Waals surface area contributed by atoms with Gasteiger partial charge in [-0.3, -0.25) is 4.79 Å². The third kappa shape index (κ3) is 4.31. The average Bonchev–Trinajstić information content (AvgIpc) is 2.18. The van der Waals surface area contributed by atoms with Crippen molar-refractivity contribution < 1.29 is 22.7 Å². The van der Waals surface area contributed by atoms with Gasteiger partial charge in [-0.1, -0.05) is 12.1 Å². The lowest BCUT2D eigenvalue weighted by Crippen LogP contribution is -2.17. The summed E-state index contributed by atoms with van der Waals surface area (Å²) in [7, 11) is 0. The predicted molar refractivity (Wildman–Crippen MR) is 50.9 cm³/mol. The van der Waals surface area contributed by atoms with Gasteiger partial charge in [-0.25, -0.2) is 0 Å². The van der Waals surface area contributed by atoms with E-state index in [4.69, 9.17) is 5.73 Å². The van der Waals surface area contributed by atoms with Crippen molar-refractivity contribution in [2.24, 2.45) is 5.73 Å². The third-order valence-electron chi connectivity index (χ3n) is 1.79. The van der Waals surface area contributed by atoms with Crippen molar-refractivity contribution in [3.05, 3.63) is 29.8 Å². The number of alkyl halides is 3. The highest BCUT2D eigenvalue weighted by atomic mass is 19.4. The normalized spacial score (nSPS) is 11.2. The Kier molecular flexibility index (Phi) is 3.89. The molecule has 3 nitrogen and oxygen atoms in total. The molecule has 1 rings (SSSR count). The van der Waals surface area contributed by atoms with Gasteiger partial charge in [-0.2, -0.15) is 0 Å². The van der Waals surface area contributed by atoms with Crippen molar-refractivity contribution in [1.82, 2.24) is 0 Å². The molecule has 0 heterocycles. The molecule has 16 heavy (non-hydrogen) atoms. The van der Waals surface area contributed by atoms with E-state index in [2.05, 4.69) is 4.74 Å². The fourth-order valence-corrected chi connectivity index (χ4v) is 1.11. The molecule has 0 aliphatic heterocycles. The van der Waals surface area contributed by atoms with E-state index in [1.165, 1.54) is 12.1 Å². The molecule has 0 unspecified atom stereocenters. The number of halogens is 3. The number of carbonyl (C=O) groups is 1. The zero-order valence-corrected chi connectivity index (χ0v) is 8.25. The Morgan fingerprint density at radius 3 is 2.25 bits per heavy atom. The standard InChI is InChI=1S/C10H10F3NO2/c11-10(12,13)16-9-3-1-7(2-4-9)5-8(15)6-14/h1-4H,5-6,14H2. The molecule has 0 atom stereocenters. The largest absolute Gasteiger partial charge is 0.573 e. The van der Waals surface area contributed by atoms with Gasteiger partial charge in [0.2, 0.25) is 0 Å². The van der Waals surface area contributed by atoms with Crippen molar-refractivity contribution in [3.63, 3.8) is 0 Å². The van der Waals surface area contributed by atoms with Crippen molar-refractivity contribution in [2.75, 3.05) is 6.54 Å². The molecule has 0 saturated heterocycles. The number of Topliss-reactive ketones (excluding diaryl/α,β-unsaturated/α-hetero) is 1. The van der Waals surface area contributed by atoms with E-state index in [0.29, 0.717) is 5.56 Å². The van der Waals surface area contributed by atoms with E-state index in [-0.39, 0.29) is 24.5 Å². The number of nitrogens with two attached hydrogens (primary N) is 1. The second-order valence-corrected chi connectivity index (χ2v) is 3.11. The van der Waals surface area contributed by atoms with E-state index >= 15 is 0 Å². The average molecular weight is 233 g/mol. The van der Waals surface area contributed by atoms with Crippen molar-refractivity contribution in [3.8, 4) is 5.75 Å². The Bertz CT molecular complexity index is 359. The fourth-order valence-electron chi connectivity index (χ4n) is 1.11. The molecule has 1 aromatic carbocycles. The number of carbonyl (C=O) groups excluding carboxylic acids is 1. The summed E-state index contributed by atoms with van der Waals surface area (Å²) in [6.45, 7) is -0.0825. The van der Waals surface area contributed by atoms with Crippen molar-refractivity contribution >= 4 is 5.78 Å². The van der Waals surface area contributed by atoms with Crippen LogP contribution in [0.25, 0.3) is 0 Å². The topological polar surface area (TPSA) is 52.3 Å². The zero-order chi connectivity index (χ0) is 12.2. The van der Waals surface area contributed by atoms with Gasteiger partial charge in [-0.15, -0.1) is 13.2 Å². The molecular formula is C10H10F3NO2. The molecule has 88 valence electrons. The van der Waals surface area contributed by atoms with Crippen LogP contribution in [0.1, 0.15) is 5.56 Å². The molecule has 0 aromatic heterocycles. The van der Waals surface area contributed by atoms with Crippen molar-refractivity contribution in [2.45, 2.75) is 12.8 Å². The van der Waals surface area contributed by atoms with Crippen molar-refractivity contribution in [1.29, 1.82) is 0 Å². The Morgan fingerprint density at radius 2 is 1.81 bits per heavy atom. The molecular weight excluding hydrogens is 223 g/mol. The van der Waals surface area contributed by atoms with E-state index in [1.807, 2.05) is 0 Å². The molecule has 0 aliphatic rings. The smallest absolute Gasteiger partial charge is 0.406 e. The highest BCUT2D eigenvalue weighted by Gasteiger charge is 2.30. The number of rotatable bonds is 4. The van der Waals surface area contributed by atoms with Crippen LogP contribution in [0.15, 0.2) is 24.3 Å². The second kappa shape index (κ2) is 4.98. The van der Waals surface area contributed by atoms with Gasteiger partial charge >= 0.3 is 6.36 Å². The minimum Gasteiger partial charge on any atom is -0.406 e. The van der Waals surface area contributed by atoms with Gasteiger partial charge in [0.15, 0.2) is 5.78 Å². The summed E-state index contributed by atoms with van der Waals surface area (Å²) >= 11 is 0. The molecule has 0 aliphatic carbocycles. The summed E-state index contributed by atoms with van der Waals surface area (Å²) in [6.07, 6.45) is -4.59. The Morgan fingerprint density at radius 1 is 1.25 bits per heavy atom. The summed E-state index contributed by atoms with van der Waals surface area (Å²) in [5.41, 5.74) is 5.71. The van der Waals surface area contributed by atoms with Gasteiger partial charge in [0.25, 0.3) is 0 Å². The lowest BCUT2D eigenvalue weighted by molar-refractivity contribution is -0.274. The maximum Gasteiger partial charge on any atom is 0.573 e. The zero-order valence-electron chi connectivity index (χ0n) is 8.25. The molecule has 6 heteroatoms. The van der Waals surface area contributed by atoms with Crippen LogP contribution in [-0.2, 0) is 11.2 Å². The molecule has 0 spiro atoms. The molecule has 0 amide bonds. The molecule has 0 saturated carbocycles. The second-order valence-electron chi connectivity index (χ2n) is 3.11. The Hall–Kier alpha value is -1.56. The minimum absolute atomic E-state index is 0.0825. The van der Waals surface area contributed by atoms with Gasteiger partial charge in [-0.05, 0) is 17.7 Å². The SMILES string of the molecule is NCC(=O)Cc1ccc(OC(F)(F)F)cc1. The number of hydrogen-bond donors (Lipinski definition) is 1. The van der Waals surface area contributed by atoms with Crippen LogP contribution >= 0.6 is 0 Å². The number of ketones is 1. The van der Waals surface area contributed by atoms with Gasteiger partial charge in [0.05, 0.1) is 6.54 Å². The van der Waals surface area contributed by atoms with Crippen LogP contribution in [0.5, 0.6) is 5.75 Å². The highest BCUT2D eigenvalue weighted by molar-refractivity contribution is 5.82. The monoisotopic (exact) mass is 233 g/mol. The lowest BCUT2D eigenvalue weighted by Gasteiger charge is -2.08. The Balaban J connectivity index is 2.64. The summed E-state index contributed by atoms with van der Waals surface area (Å²) in [5.74, 6) is -0.485. The van der Waals surface area contributed by atoms with Crippen LogP contribution in [0.3, 0.4) is 0 Å². The first-order valence-electron chi connectivity index (χ1n) is 4.47. The maximum atomic E-state index is 11.8. The van der Waals surface area contributed by atoms with E-state index in [1.54, 1.807) is 0 Å². The van der Waals surface area contributed by atoms with Crippen LogP contribution in [-0.4, -0.2) is 18.7 Å². The van der Waals surface area contributed by atoms with Crippen LogP contribution in [0, 0.1) is 0 Å². The highest BCUT2D eigenvalue weighted by Crippen LogP contribution is 2.22. The van der Waals surface area contributed by atoms with Gasteiger partial charge in [0.1, 0.15) is 5.75 Å². The van der Waals surface area contributed by atoms with Gasteiger partial charge < -0.3 is 10.5 Å². The molecule has 0 bridgehead atoms. The molecule has 2 N–H and O–H groups in total. The molecule has 1 aromatic rings. The first kappa shape index (κ1) is 12.5. The van der Waals surface area contributed by atoms with Crippen LogP contribution in [0.2, 0.25) is 0 Å². The van der Waals surface area contributed by atoms with Crippen LogP contribution < -0.4 is 10.5 Å². The first-order chi connectivity index (χ1) is 7.40.